The lowest BCUT2D eigenvalue weighted by atomic mass is 9.94. The number of benzene rings is 1. The van der Waals surface area contributed by atoms with Crippen LogP contribution in [0.4, 0.5) is 0 Å². The van der Waals surface area contributed by atoms with Gasteiger partial charge in [-0.1, -0.05) is 42.7 Å². The number of carbonyl (C=O) groups excluding carboxylic acids is 1. The summed E-state index contributed by atoms with van der Waals surface area (Å²) in [6.45, 7) is 3.75. The van der Waals surface area contributed by atoms with E-state index in [1.54, 1.807) is 37.5 Å². The first kappa shape index (κ1) is 23.7. The Bertz CT molecular complexity index is 1100. The number of hydrogen-bond acceptors (Lipinski definition) is 5. The van der Waals surface area contributed by atoms with Gasteiger partial charge in [-0.15, -0.1) is 0 Å². The predicted octanol–water partition coefficient (Wildman–Crippen LogP) is 3.97. The maximum atomic E-state index is 13.0. The Balaban J connectivity index is 1.84. The predicted molar refractivity (Wildman–Crippen MR) is 129 cm³/mol. The van der Waals surface area contributed by atoms with Gasteiger partial charge in [0.1, 0.15) is 11.1 Å². The third kappa shape index (κ3) is 5.43. The van der Waals surface area contributed by atoms with Crippen LogP contribution in [-0.4, -0.2) is 23.6 Å². The summed E-state index contributed by atoms with van der Waals surface area (Å²) in [5.74, 6) is 6.82. The molecule has 6 nitrogen and oxygen atoms in total. The highest BCUT2D eigenvalue weighted by Gasteiger charge is 2.62. The Morgan fingerprint density at radius 2 is 2.22 bits per heavy atom. The molecule has 1 spiro atoms. The van der Waals surface area contributed by atoms with Crippen LogP contribution in [0.2, 0.25) is 0 Å². The van der Waals surface area contributed by atoms with E-state index < -0.39 is 11.3 Å². The Morgan fingerprint density at radius 3 is 2.78 bits per heavy atom. The molecule has 1 amide bonds. The number of nitriles is 1. The van der Waals surface area contributed by atoms with Crippen LogP contribution in [0.3, 0.4) is 0 Å². The molecule has 0 saturated heterocycles. The molecule has 32 heavy (non-hydrogen) atoms. The number of carbonyl (C=O) groups is 1. The van der Waals surface area contributed by atoms with Crippen molar-refractivity contribution < 1.29 is 9.53 Å². The molecular weight excluding hydrogens is 420 g/mol. The van der Waals surface area contributed by atoms with Crippen molar-refractivity contribution in [3.05, 3.63) is 47.1 Å². The number of amides is 1. The van der Waals surface area contributed by atoms with Gasteiger partial charge in [0, 0.05) is 17.1 Å². The van der Waals surface area contributed by atoms with Crippen LogP contribution in [-0.2, 0) is 4.79 Å². The lowest BCUT2D eigenvalue weighted by molar-refractivity contribution is -0.114. The first-order valence-corrected chi connectivity index (χ1v) is 11.5. The monoisotopic (exact) mass is 448 g/mol. The number of hydrogen-bond donors (Lipinski definition) is 2. The molecule has 2 atom stereocenters. The first-order chi connectivity index (χ1) is 15.4. The third-order valence-corrected chi connectivity index (χ3v) is 6.54. The molecule has 0 heterocycles. The van der Waals surface area contributed by atoms with E-state index in [9.17, 15) is 10.1 Å². The number of aliphatic imine (C=N–C) groups is 1. The minimum absolute atomic E-state index is 0.0731. The zero-order chi connectivity index (χ0) is 23.3. The topological polar surface area (TPSA) is 114 Å². The van der Waals surface area contributed by atoms with Crippen molar-refractivity contribution in [2.75, 3.05) is 7.11 Å². The van der Waals surface area contributed by atoms with E-state index in [2.05, 4.69) is 22.9 Å². The Morgan fingerprint density at radius 1 is 1.47 bits per heavy atom. The van der Waals surface area contributed by atoms with E-state index in [0.29, 0.717) is 40.2 Å². The summed E-state index contributed by atoms with van der Waals surface area (Å²) < 4.78 is 5.46. The average molecular weight is 449 g/mol. The summed E-state index contributed by atoms with van der Waals surface area (Å²) in [7, 11) is 1.55. The van der Waals surface area contributed by atoms with Gasteiger partial charge in [0.05, 0.1) is 18.7 Å². The highest BCUT2D eigenvalue weighted by Crippen LogP contribution is 2.70. The summed E-state index contributed by atoms with van der Waals surface area (Å²) in [5.41, 5.74) is 14.8. The lowest BCUT2D eigenvalue weighted by Crippen LogP contribution is -2.21. The fourth-order valence-electron chi connectivity index (χ4n) is 3.80. The standard InChI is InChI=1S/C25H28N4O2S/c1-4-6-19(18(5-2)20-13-16(15-26)7-9-21(20)31-3)23(30)29-24(28)32-22(27)10-8-17-14-25(17)11-12-25/h4,6-7,9,13,17,22H,5,11-12,14,27H2,1-3H3,(H2,28,29,30)/b6-4-,19-18-. The van der Waals surface area contributed by atoms with Crippen LogP contribution < -0.4 is 16.2 Å². The lowest BCUT2D eigenvalue weighted by Gasteiger charge is -2.14. The van der Waals surface area contributed by atoms with Crippen molar-refractivity contribution in [3.8, 4) is 23.7 Å². The number of nitrogens with zero attached hydrogens (tertiary/aromatic N) is 2. The molecule has 2 saturated carbocycles. The van der Waals surface area contributed by atoms with Crippen molar-refractivity contribution in [1.82, 2.24) is 0 Å². The van der Waals surface area contributed by atoms with Gasteiger partial charge in [0.25, 0.3) is 5.91 Å². The van der Waals surface area contributed by atoms with Gasteiger partial charge >= 0.3 is 0 Å². The van der Waals surface area contributed by atoms with E-state index in [4.69, 9.17) is 16.2 Å². The zero-order valence-corrected chi connectivity index (χ0v) is 19.5. The van der Waals surface area contributed by atoms with Crippen LogP contribution >= 0.6 is 11.8 Å². The summed E-state index contributed by atoms with van der Waals surface area (Å²) in [6.07, 6.45) is 7.72. The van der Waals surface area contributed by atoms with Crippen molar-refractivity contribution in [2.24, 2.45) is 27.8 Å². The molecule has 4 N–H and O–H groups in total. The Labute approximate surface area is 193 Å². The fourth-order valence-corrected chi connectivity index (χ4v) is 4.32. The fraction of sp³-hybridized carbons (Fsp3) is 0.400. The van der Waals surface area contributed by atoms with Gasteiger partial charge < -0.3 is 16.2 Å². The number of amidine groups is 1. The molecule has 0 aromatic heterocycles. The van der Waals surface area contributed by atoms with Crippen molar-refractivity contribution in [3.63, 3.8) is 0 Å². The quantitative estimate of drug-likeness (QED) is 0.170. The highest BCUT2D eigenvalue weighted by molar-refractivity contribution is 8.14. The van der Waals surface area contributed by atoms with Crippen LogP contribution in [0.1, 0.15) is 50.7 Å². The average Bonchev–Trinajstić information content (AvgIpc) is 3.70. The summed E-state index contributed by atoms with van der Waals surface area (Å²) in [4.78, 5) is 17.1. The molecule has 0 aliphatic heterocycles. The van der Waals surface area contributed by atoms with Crippen molar-refractivity contribution in [1.29, 1.82) is 5.26 Å². The number of thioether (sulfide) groups is 1. The van der Waals surface area contributed by atoms with Crippen LogP contribution in [0.25, 0.3) is 5.57 Å². The Kier molecular flexibility index (Phi) is 7.45. The van der Waals surface area contributed by atoms with Gasteiger partial charge in [-0.3, -0.25) is 4.79 Å². The molecule has 3 rings (SSSR count). The normalized spacial score (nSPS) is 20.1. The summed E-state index contributed by atoms with van der Waals surface area (Å²) in [5, 5.41) is 8.84. The molecular formula is C25H28N4O2S. The van der Waals surface area contributed by atoms with Crippen molar-refractivity contribution >= 4 is 28.4 Å². The molecule has 166 valence electrons. The van der Waals surface area contributed by atoms with E-state index >= 15 is 0 Å². The highest BCUT2D eigenvalue weighted by atomic mass is 32.2. The number of ether oxygens (including phenoxy) is 1. The second-order valence-corrected chi connectivity index (χ2v) is 9.14. The first-order valence-electron chi connectivity index (χ1n) is 10.6. The summed E-state index contributed by atoms with van der Waals surface area (Å²) in [6, 6.07) is 7.24. The number of nitrogens with two attached hydrogens (primary N) is 2. The van der Waals surface area contributed by atoms with E-state index in [0.717, 1.165) is 17.3 Å². The number of allylic oxidation sites excluding steroid dienone is 2. The van der Waals surface area contributed by atoms with Gasteiger partial charge in [0.2, 0.25) is 0 Å². The maximum Gasteiger partial charge on any atom is 0.279 e. The van der Waals surface area contributed by atoms with E-state index in [1.165, 1.54) is 19.3 Å². The van der Waals surface area contributed by atoms with Crippen LogP contribution in [0, 0.1) is 34.5 Å². The molecule has 0 bridgehead atoms. The van der Waals surface area contributed by atoms with Crippen LogP contribution in [0.5, 0.6) is 5.75 Å². The third-order valence-electron chi connectivity index (χ3n) is 5.84. The molecule has 2 unspecified atom stereocenters. The molecule has 0 radical (unpaired) electrons. The SMILES string of the molecule is C/C=C\C(C(=O)N=C(N)SC(N)C#CC1CC12CC2)=C(/CC)c1cc(C#N)ccc1OC. The molecule has 2 fully saturated rings. The van der Waals surface area contributed by atoms with E-state index in [-0.39, 0.29) is 5.17 Å². The zero-order valence-electron chi connectivity index (χ0n) is 18.6. The Hall–Kier alpha value is -3.00. The molecule has 1 aromatic carbocycles. The second-order valence-electron chi connectivity index (χ2n) is 7.97. The smallest absolute Gasteiger partial charge is 0.279 e. The number of methoxy groups -OCH3 is 1. The van der Waals surface area contributed by atoms with Gasteiger partial charge in [0.15, 0.2) is 5.17 Å². The molecule has 2 aliphatic rings. The van der Waals surface area contributed by atoms with E-state index in [1.807, 2.05) is 13.8 Å². The molecule has 1 aromatic rings. The molecule has 7 heteroatoms. The van der Waals surface area contributed by atoms with Gasteiger partial charge in [-0.25, -0.2) is 0 Å². The molecule has 2 aliphatic carbocycles. The van der Waals surface area contributed by atoms with Crippen LogP contribution in [0.15, 0.2) is 40.9 Å². The summed E-state index contributed by atoms with van der Waals surface area (Å²) >= 11 is 1.08. The minimum atomic E-state index is -0.532. The minimum Gasteiger partial charge on any atom is -0.496 e. The van der Waals surface area contributed by atoms with Gasteiger partial charge in [-0.05, 0) is 61.8 Å². The number of rotatable bonds is 6. The largest absolute Gasteiger partial charge is 0.496 e. The van der Waals surface area contributed by atoms with Crippen molar-refractivity contribution in [2.45, 2.75) is 44.9 Å². The van der Waals surface area contributed by atoms with Gasteiger partial charge in [-0.2, -0.15) is 10.3 Å². The maximum absolute atomic E-state index is 13.0. The second kappa shape index (κ2) is 10.1.